The van der Waals surface area contributed by atoms with Gasteiger partial charge in [-0.25, -0.2) is 9.67 Å². The first-order valence-corrected chi connectivity index (χ1v) is 8.58. The van der Waals surface area contributed by atoms with E-state index in [0.717, 1.165) is 69.9 Å². The van der Waals surface area contributed by atoms with E-state index in [1.807, 2.05) is 4.90 Å². The smallest absolute Gasteiger partial charge is 0.222 e. The molecule has 122 valence electrons. The third-order valence-electron chi connectivity index (χ3n) is 4.60. The van der Waals surface area contributed by atoms with E-state index in [2.05, 4.69) is 33.9 Å². The minimum Gasteiger partial charge on any atom is -0.343 e. The van der Waals surface area contributed by atoms with Crippen molar-refractivity contribution in [1.29, 1.82) is 0 Å². The summed E-state index contributed by atoms with van der Waals surface area (Å²) >= 11 is 0. The summed E-state index contributed by atoms with van der Waals surface area (Å²) in [7, 11) is 0. The summed E-state index contributed by atoms with van der Waals surface area (Å²) in [5, 5.41) is 8.23. The molecule has 2 aliphatic rings. The molecule has 3 rings (SSSR count). The number of nitrogens with one attached hydrogen (secondary N) is 1. The van der Waals surface area contributed by atoms with Crippen molar-refractivity contribution in [2.75, 3.05) is 19.6 Å². The molecule has 1 aromatic rings. The number of rotatable bonds is 6. The minimum atomic E-state index is 0.325. The molecule has 1 amide bonds. The zero-order valence-corrected chi connectivity index (χ0v) is 13.7. The highest BCUT2D eigenvalue weighted by Crippen LogP contribution is 2.17. The number of aryl methyl sites for hydroxylation is 1. The van der Waals surface area contributed by atoms with Crippen molar-refractivity contribution in [3.05, 3.63) is 11.6 Å². The van der Waals surface area contributed by atoms with E-state index < -0.39 is 0 Å². The highest BCUT2D eigenvalue weighted by molar-refractivity contribution is 5.77. The highest BCUT2D eigenvalue weighted by Gasteiger charge is 2.22. The molecule has 2 aliphatic heterocycles. The van der Waals surface area contributed by atoms with Crippen molar-refractivity contribution in [1.82, 2.24) is 25.0 Å². The summed E-state index contributed by atoms with van der Waals surface area (Å²) in [5.74, 6) is 2.81. The Hall–Kier alpha value is -1.43. The van der Waals surface area contributed by atoms with E-state index in [0.29, 0.717) is 17.9 Å². The van der Waals surface area contributed by atoms with E-state index in [-0.39, 0.29) is 0 Å². The van der Waals surface area contributed by atoms with Crippen LogP contribution in [0.3, 0.4) is 0 Å². The van der Waals surface area contributed by atoms with Crippen LogP contribution in [-0.4, -0.2) is 51.2 Å². The number of amides is 1. The molecular weight excluding hydrogens is 278 g/mol. The van der Waals surface area contributed by atoms with E-state index >= 15 is 0 Å². The van der Waals surface area contributed by atoms with Crippen molar-refractivity contribution >= 4 is 5.91 Å². The second-order valence-electron chi connectivity index (χ2n) is 6.75. The van der Waals surface area contributed by atoms with Crippen LogP contribution in [0.5, 0.6) is 0 Å². The molecule has 0 aromatic carbocycles. The van der Waals surface area contributed by atoms with Gasteiger partial charge in [-0.15, -0.1) is 0 Å². The Morgan fingerprint density at radius 1 is 1.36 bits per heavy atom. The van der Waals surface area contributed by atoms with Gasteiger partial charge in [-0.3, -0.25) is 4.79 Å². The van der Waals surface area contributed by atoms with Gasteiger partial charge >= 0.3 is 0 Å². The summed E-state index contributed by atoms with van der Waals surface area (Å²) < 4.78 is 2.07. The third-order valence-corrected chi connectivity index (χ3v) is 4.60. The number of likely N-dealkylation sites (tertiary alicyclic amines) is 1. The number of fused-ring (bicyclic) bond motifs is 1. The van der Waals surface area contributed by atoms with Gasteiger partial charge in [-0.05, 0) is 25.8 Å². The van der Waals surface area contributed by atoms with E-state index in [9.17, 15) is 4.79 Å². The summed E-state index contributed by atoms with van der Waals surface area (Å²) in [6.07, 6.45) is 4.93. The zero-order valence-electron chi connectivity index (χ0n) is 13.7. The largest absolute Gasteiger partial charge is 0.343 e. The van der Waals surface area contributed by atoms with Gasteiger partial charge in [0.25, 0.3) is 0 Å². The lowest BCUT2D eigenvalue weighted by Crippen LogP contribution is -2.39. The monoisotopic (exact) mass is 305 g/mol. The second kappa shape index (κ2) is 6.77. The van der Waals surface area contributed by atoms with Gasteiger partial charge < -0.3 is 10.2 Å². The number of hydrogen-bond donors (Lipinski definition) is 1. The van der Waals surface area contributed by atoms with Crippen molar-refractivity contribution in [3.8, 4) is 0 Å². The van der Waals surface area contributed by atoms with E-state index in [4.69, 9.17) is 0 Å². The number of hydrogen-bond acceptors (Lipinski definition) is 4. The summed E-state index contributed by atoms with van der Waals surface area (Å²) in [4.78, 5) is 18.2. The average molecular weight is 305 g/mol. The molecule has 6 heteroatoms. The summed E-state index contributed by atoms with van der Waals surface area (Å²) in [6, 6.07) is 0.475. The molecule has 22 heavy (non-hydrogen) atoms. The fourth-order valence-electron chi connectivity index (χ4n) is 3.26. The highest BCUT2D eigenvalue weighted by atomic mass is 16.2. The topological polar surface area (TPSA) is 63.1 Å². The molecule has 0 spiro atoms. The lowest BCUT2D eigenvalue weighted by molar-refractivity contribution is -0.127. The van der Waals surface area contributed by atoms with E-state index in [1.165, 1.54) is 0 Å². The van der Waals surface area contributed by atoms with Crippen LogP contribution in [0.4, 0.5) is 0 Å². The minimum absolute atomic E-state index is 0.325. The Labute approximate surface area is 132 Å². The number of carbonyl (C=O) groups is 1. The molecule has 0 bridgehead atoms. The maximum Gasteiger partial charge on any atom is 0.222 e. The molecule has 0 saturated carbocycles. The maximum atomic E-state index is 11.6. The SMILES string of the molecule is CC(C)c1nc2n(n1)C[C@@H](NCCCN1CCCC1=O)CC2. The predicted octanol–water partition coefficient (Wildman–Crippen LogP) is 1.32. The van der Waals surface area contributed by atoms with Crippen molar-refractivity contribution in [2.45, 2.75) is 64.5 Å². The Balaban J connectivity index is 1.41. The van der Waals surface area contributed by atoms with Gasteiger partial charge in [0, 0.05) is 37.9 Å². The third kappa shape index (κ3) is 3.48. The lowest BCUT2D eigenvalue weighted by atomic mass is 10.1. The zero-order chi connectivity index (χ0) is 15.5. The van der Waals surface area contributed by atoms with Crippen molar-refractivity contribution in [3.63, 3.8) is 0 Å². The fraction of sp³-hybridized carbons (Fsp3) is 0.812. The Kier molecular flexibility index (Phi) is 4.76. The molecule has 6 nitrogen and oxygen atoms in total. The quantitative estimate of drug-likeness (QED) is 0.805. The molecule has 0 aliphatic carbocycles. The van der Waals surface area contributed by atoms with Crippen molar-refractivity contribution < 1.29 is 4.79 Å². The molecule has 1 aromatic heterocycles. The van der Waals surface area contributed by atoms with Gasteiger partial charge in [0.15, 0.2) is 5.82 Å². The van der Waals surface area contributed by atoms with Crippen LogP contribution in [0, 0.1) is 0 Å². The second-order valence-corrected chi connectivity index (χ2v) is 6.75. The van der Waals surface area contributed by atoms with Gasteiger partial charge in [0.1, 0.15) is 5.82 Å². The van der Waals surface area contributed by atoms with Crippen LogP contribution >= 0.6 is 0 Å². The van der Waals surface area contributed by atoms with Crippen molar-refractivity contribution in [2.24, 2.45) is 0 Å². The van der Waals surface area contributed by atoms with Gasteiger partial charge in [-0.1, -0.05) is 13.8 Å². The Morgan fingerprint density at radius 3 is 2.95 bits per heavy atom. The maximum absolute atomic E-state index is 11.6. The van der Waals surface area contributed by atoms with Crippen LogP contribution in [0.2, 0.25) is 0 Å². The molecule has 0 unspecified atom stereocenters. The fourth-order valence-corrected chi connectivity index (χ4v) is 3.26. The molecule has 0 radical (unpaired) electrons. The normalized spacial score (nSPS) is 21.7. The van der Waals surface area contributed by atoms with Crippen LogP contribution in [-0.2, 0) is 17.8 Å². The predicted molar refractivity (Wildman–Crippen MR) is 84.7 cm³/mol. The molecule has 1 fully saturated rings. The van der Waals surface area contributed by atoms with Crippen LogP contribution < -0.4 is 5.32 Å². The molecule has 1 saturated heterocycles. The van der Waals surface area contributed by atoms with Crippen LogP contribution in [0.25, 0.3) is 0 Å². The summed E-state index contributed by atoms with van der Waals surface area (Å²) in [6.45, 7) is 7.99. The number of carbonyl (C=O) groups excluding carboxylic acids is 1. The van der Waals surface area contributed by atoms with Crippen LogP contribution in [0.1, 0.15) is 57.1 Å². The number of aromatic nitrogens is 3. The molecular formula is C16H27N5O. The summed E-state index contributed by atoms with van der Waals surface area (Å²) in [5.41, 5.74) is 0. The number of nitrogens with zero attached hydrogens (tertiary/aromatic N) is 4. The average Bonchev–Trinajstić information content (AvgIpc) is 3.09. The molecule has 3 heterocycles. The Morgan fingerprint density at radius 2 is 2.23 bits per heavy atom. The first kappa shape index (κ1) is 15.5. The van der Waals surface area contributed by atoms with Gasteiger partial charge in [0.2, 0.25) is 5.91 Å². The van der Waals surface area contributed by atoms with Crippen LogP contribution in [0.15, 0.2) is 0 Å². The van der Waals surface area contributed by atoms with E-state index in [1.54, 1.807) is 0 Å². The lowest BCUT2D eigenvalue weighted by Gasteiger charge is -2.24. The van der Waals surface area contributed by atoms with Gasteiger partial charge in [-0.2, -0.15) is 5.10 Å². The standard InChI is InChI=1S/C16H27N5O/c1-12(2)16-18-14-7-6-13(11-21(14)19-16)17-8-4-10-20-9-3-5-15(20)22/h12-13,17H,3-11H2,1-2H3/t13-/m0/s1. The molecule has 1 atom stereocenters. The first-order chi connectivity index (χ1) is 10.6. The Bertz CT molecular complexity index is 525. The molecule has 1 N–H and O–H groups in total. The van der Waals surface area contributed by atoms with Gasteiger partial charge in [0.05, 0.1) is 6.54 Å². The first-order valence-electron chi connectivity index (χ1n) is 8.58.